The number of hydrogen-bond donors (Lipinski definition) is 1. The highest BCUT2D eigenvalue weighted by Gasteiger charge is 2.27. The molecule has 20 heavy (non-hydrogen) atoms. The number of ether oxygens (including phenoxy) is 2. The first kappa shape index (κ1) is 16.1. The molecule has 8 nitrogen and oxygen atoms in total. The molecule has 1 aromatic rings. The summed E-state index contributed by atoms with van der Waals surface area (Å²) < 4.78 is 10.5. The highest BCUT2D eigenvalue weighted by atomic mass is 16.5. The molecular weight excluding hydrogens is 266 g/mol. The number of carbonyl (C=O) groups excluding carboxylic acids is 2. The van der Waals surface area contributed by atoms with E-state index < -0.39 is 17.5 Å². The van der Waals surface area contributed by atoms with Crippen molar-refractivity contribution in [3.8, 4) is 0 Å². The van der Waals surface area contributed by atoms with Crippen molar-refractivity contribution < 1.29 is 24.2 Å². The molecule has 0 fully saturated rings. The van der Waals surface area contributed by atoms with Crippen molar-refractivity contribution in [1.82, 2.24) is 15.0 Å². The summed E-state index contributed by atoms with van der Waals surface area (Å²) in [5, 5.41) is 17.6. The number of hydrogen-bond acceptors (Lipinski definition) is 7. The zero-order valence-electron chi connectivity index (χ0n) is 12.0. The molecule has 1 rings (SSSR count). The average Bonchev–Trinajstić information content (AvgIpc) is 2.80. The molecule has 0 bridgehead atoms. The van der Waals surface area contributed by atoms with Gasteiger partial charge in [0, 0.05) is 0 Å². The van der Waals surface area contributed by atoms with E-state index in [-0.39, 0.29) is 24.4 Å². The molecule has 1 N–H and O–H groups in total. The molecule has 8 heteroatoms. The fourth-order valence-corrected chi connectivity index (χ4v) is 1.53. The number of aromatic nitrogens is 3. The minimum absolute atomic E-state index is 0.0511. The Hall–Kier alpha value is -1.96. The number of methoxy groups -OCH3 is 2. The van der Waals surface area contributed by atoms with E-state index in [1.807, 2.05) is 6.92 Å². The van der Waals surface area contributed by atoms with E-state index in [4.69, 9.17) is 0 Å². The van der Waals surface area contributed by atoms with Gasteiger partial charge in [-0.25, -0.2) is 9.48 Å². The Bertz CT molecular complexity index is 495. The summed E-state index contributed by atoms with van der Waals surface area (Å²) in [6, 6.07) is 0. The van der Waals surface area contributed by atoms with E-state index in [0.29, 0.717) is 6.42 Å². The van der Waals surface area contributed by atoms with Crippen LogP contribution in [0.4, 0.5) is 0 Å². The van der Waals surface area contributed by atoms with Crippen LogP contribution in [0.2, 0.25) is 0 Å². The van der Waals surface area contributed by atoms with Gasteiger partial charge in [0.2, 0.25) is 0 Å². The Balaban J connectivity index is 3.14. The summed E-state index contributed by atoms with van der Waals surface area (Å²) >= 11 is 0. The lowest BCUT2D eigenvalue weighted by atomic mass is 10.0. The molecule has 0 amide bonds. The molecule has 0 saturated carbocycles. The molecule has 1 aromatic heterocycles. The van der Waals surface area contributed by atoms with Gasteiger partial charge in [-0.1, -0.05) is 12.1 Å². The highest BCUT2D eigenvalue weighted by Crippen LogP contribution is 2.16. The second kappa shape index (κ2) is 6.47. The molecule has 0 aliphatic carbocycles. The number of carbonyl (C=O) groups is 2. The average molecular weight is 285 g/mol. The summed E-state index contributed by atoms with van der Waals surface area (Å²) in [7, 11) is 2.46. The van der Waals surface area contributed by atoms with Crippen molar-refractivity contribution in [2.24, 2.45) is 0 Å². The second-order valence-electron chi connectivity index (χ2n) is 4.64. The highest BCUT2D eigenvalue weighted by molar-refractivity contribution is 5.89. The van der Waals surface area contributed by atoms with Crippen LogP contribution in [-0.4, -0.2) is 51.9 Å². The van der Waals surface area contributed by atoms with Crippen LogP contribution in [0, 0.1) is 0 Å². The summed E-state index contributed by atoms with van der Waals surface area (Å²) in [6.07, 6.45) is 0.311. The van der Waals surface area contributed by atoms with Gasteiger partial charge >= 0.3 is 11.9 Å². The van der Waals surface area contributed by atoms with Crippen LogP contribution in [0.5, 0.6) is 0 Å². The molecule has 1 atom stereocenters. The SMILES string of the molecule is CCC(C)(O)Cn1nnc(C(=O)OC)c1CC(=O)OC. The summed E-state index contributed by atoms with van der Waals surface area (Å²) in [5.74, 6) is -1.22. The van der Waals surface area contributed by atoms with E-state index in [2.05, 4.69) is 19.8 Å². The minimum atomic E-state index is -1.02. The van der Waals surface area contributed by atoms with Gasteiger partial charge in [-0.3, -0.25) is 4.79 Å². The third-order valence-corrected chi connectivity index (χ3v) is 3.01. The van der Waals surface area contributed by atoms with Crippen LogP contribution in [0.25, 0.3) is 0 Å². The van der Waals surface area contributed by atoms with E-state index in [9.17, 15) is 14.7 Å². The number of esters is 2. The predicted molar refractivity (Wildman–Crippen MR) is 68.0 cm³/mol. The predicted octanol–water partition coefficient (Wildman–Crippen LogP) is -0.0588. The zero-order chi connectivity index (χ0) is 15.3. The van der Waals surface area contributed by atoms with Gasteiger partial charge in [0.05, 0.1) is 38.5 Å². The van der Waals surface area contributed by atoms with Gasteiger partial charge in [0.15, 0.2) is 5.69 Å². The Kier molecular flexibility index (Phi) is 5.20. The first-order valence-electron chi connectivity index (χ1n) is 6.14. The van der Waals surface area contributed by atoms with Crippen molar-refractivity contribution in [2.75, 3.05) is 14.2 Å². The lowest BCUT2D eigenvalue weighted by molar-refractivity contribution is -0.139. The van der Waals surface area contributed by atoms with Crippen LogP contribution in [-0.2, 0) is 27.2 Å². The Morgan fingerprint density at radius 2 is 2.00 bits per heavy atom. The van der Waals surface area contributed by atoms with Gasteiger partial charge in [0.1, 0.15) is 0 Å². The van der Waals surface area contributed by atoms with Crippen LogP contribution in [0.15, 0.2) is 0 Å². The number of nitrogens with zero attached hydrogens (tertiary/aromatic N) is 3. The molecule has 0 saturated heterocycles. The molecule has 0 aliphatic heterocycles. The summed E-state index contributed by atoms with van der Waals surface area (Å²) in [4.78, 5) is 23.0. The third kappa shape index (κ3) is 3.77. The maximum atomic E-state index is 11.6. The van der Waals surface area contributed by atoms with Crippen LogP contribution >= 0.6 is 0 Å². The molecule has 1 unspecified atom stereocenters. The first-order valence-corrected chi connectivity index (χ1v) is 6.14. The maximum absolute atomic E-state index is 11.6. The topological polar surface area (TPSA) is 104 Å². The van der Waals surface area contributed by atoms with Crippen molar-refractivity contribution in [2.45, 2.75) is 38.8 Å². The molecule has 0 radical (unpaired) electrons. The first-order chi connectivity index (χ1) is 9.34. The van der Waals surface area contributed by atoms with Crippen molar-refractivity contribution in [3.05, 3.63) is 11.4 Å². The molecular formula is C12H19N3O5. The van der Waals surface area contributed by atoms with E-state index in [1.165, 1.54) is 18.9 Å². The van der Waals surface area contributed by atoms with Crippen LogP contribution in [0.1, 0.15) is 36.5 Å². The lowest BCUT2D eigenvalue weighted by Crippen LogP contribution is -2.31. The van der Waals surface area contributed by atoms with Crippen molar-refractivity contribution >= 4 is 11.9 Å². The second-order valence-corrected chi connectivity index (χ2v) is 4.64. The molecule has 0 aromatic carbocycles. The Labute approximate surface area is 116 Å². The summed E-state index contributed by atoms with van der Waals surface area (Å²) in [5.41, 5.74) is -0.811. The van der Waals surface area contributed by atoms with Gasteiger partial charge in [0.25, 0.3) is 0 Å². The summed E-state index contributed by atoms with van der Waals surface area (Å²) in [6.45, 7) is 3.56. The van der Waals surface area contributed by atoms with Crippen molar-refractivity contribution in [3.63, 3.8) is 0 Å². The Morgan fingerprint density at radius 3 is 2.50 bits per heavy atom. The van der Waals surface area contributed by atoms with Crippen LogP contribution < -0.4 is 0 Å². The van der Waals surface area contributed by atoms with E-state index in [1.54, 1.807) is 6.92 Å². The minimum Gasteiger partial charge on any atom is -0.469 e. The maximum Gasteiger partial charge on any atom is 0.360 e. The standard InChI is InChI=1S/C12H19N3O5/c1-5-12(2,18)7-15-8(6-9(16)19-3)10(13-14-15)11(17)20-4/h18H,5-7H2,1-4H3. The zero-order valence-corrected chi connectivity index (χ0v) is 12.0. The van der Waals surface area contributed by atoms with Crippen molar-refractivity contribution in [1.29, 1.82) is 0 Å². The normalized spacial score (nSPS) is 13.7. The Morgan fingerprint density at radius 1 is 1.35 bits per heavy atom. The smallest absolute Gasteiger partial charge is 0.360 e. The molecule has 0 spiro atoms. The molecule has 1 heterocycles. The van der Waals surface area contributed by atoms with E-state index >= 15 is 0 Å². The van der Waals surface area contributed by atoms with E-state index in [0.717, 1.165) is 0 Å². The van der Waals surface area contributed by atoms with Gasteiger partial charge in [-0.2, -0.15) is 0 Å². The number of rotatable bonds is 6. The van der Waals surface area contributed by atoms with Gasteiger partial charge < -0.3 is 14.6 Å². The quantitative estimate of drug-likeness (QED) is 0.730. The van der Waals surface area contributed by atoms with Crippen LogP contribution in [0.3, 0.4) is 0 Å². The molecule has 112 valence electrons. The number of aliphatic hydroxyl groups is 1. The third-order valence-electron chi connectivity index (χ3n) is 3.01. The lowest BCUT2D eigenvalue weighted by Gasteiger charge is -2.21. The monoisotopic (exact) mass is 285 g/mol. The van der Waals surface area contributed by atoms with Gasteiger partial charge in [-0.15, -0.1) is 5.10 Å². The van der Waals surface area contributed by atoms with Gasteiger partial charge in [-0.05, 0) is 13.3 Å². The largest absolute Gasteiger partial charge is 0.469 e. The molecule has 0 aliphatic rings. The fraction of sp³-hybridized carbons (Fsp3) is 0.667. The fourth-order valence-electron chi connectivity index (χ4n) is 1.53.